The molecule has 3 fully saturated rings. The van der Waals surface area contributed by atoms with Crippen molar-refractivity contribution in [3.8, 4) is 0 Å². The topological polar surface area (TPSA) is 136 Å². The van der Waals surface area contributed by atoms with Gasteiger partial charge >= 0.3 is 12.0 Å². The first-order valence-electron chi connectivity index (χ1n) is 21.2. The van der Waals surface area contributed by atoms with E-state index in [0.717, 1.165) is 103 Å². The van der Waals surface area contributed by atoms with E-state index in [1.807, 2.05) is 60.5 Å². The number of likely N-dealkylation sites (tertiary alicyclic amines) is 2. The third kappa shape index (κ3) is 10.0. The second-order valence-corrected chi connectivity index (χ2v) is 16.5. The van der Waals surface area contributed by atoms with Crippen LogP contribution in [-0.4, -0.2) is 124 Å². The molecule has 3 amide bonds. The third-order valence-electron chi connectivity index (χ3n) is 12.4. The number of carbonyl (C=O) groups excluding carboxylic acids is 3. The van der Waals surface area contributed by atoms with Crippen molar-refractivity contribution in [1.82, 2.24) is 39.7 Å². The van der Waals surface area contributed by atoms with Crippen LogP contribution in [0.1, 0.15) is 87.3 Å². The molecule has 0 unspecified atom stereocenters. The lowest BCUT2D eigenvalue weighted by molar-refractivity contribution is -0.148. The molecule has 7 rings (SSSR count). The lowest BCUT2D eigenvalue weighted by Gasteiger charge is -2.43. The van der Waals surface area contributed by atoms with Gasteiger partial charge in [0.15, 0.2) is 6.73 Å². The van der Waals surface area contributed by atoms with Crippen LogP contribution in [0.2, 0.25) is 0 Å². The maximum atomic E-state index is 14.4. The molecule has 2 aromatic heterocycles. The summed E-state index contributed by atoms with van der Waals surface area (Å²) in [6, 6.07) is 13.4. The summed E-state index contributed by atoms with van der Waals surface area (Å²) < 4.78 is 7.16. The summed E-state index contributed by atoms with van der Waals surface area (Å²) >= 11 is 0. The van der Waals surface area contributed by atoms with Crippen LogP contribution in [-0.2, 0) is 27.5 Å². The number of nitrogens with zero attached hydrogens (tertiary/aromatic N) is 6. The number of hydrogen-bond donors (Lipinski definition) is 2. The Morgan fingerprint density at radius 1 is 0.895 bits per heavy atom. The van der Waals surface area contributed by atoms with E-state index in [1.165, 1.54) is 0 Å². The Morgan fingerprint density at radius 2 is 1.65 bits per heavy atom. The number of benzene rings is 2. The number of rotatable bonds is 13. The van der Waals surface area contributed by atoms with Crippen LogP contribution in [0.25, 0.3) is 21.8 Å². The fraction of sp³-hybridized carbons (Fsp3) is 0.568. The summed E-state index contributed by atoms with van der Waals surface area (Å²) in [4.78, 5) is 65.4. The Bertz CT molecular complexity index is 2070. The molecule has 2 N–H and O–H groups in total. The zero-order chi connectivity index (χ0) is 39.9. The van der Waals surface area contributed by atoms with Crippen LogP contribution in [0.3, 0.4) is 0 Å². The van der Waals surface area contributed by atoms with E-state index < -0.39 is 6.04 Å². The van der Waals surface area contributed by atoms with Gasteiger partial charge in [-0.3, -0.25) is 19.3 Å². The molecule has 306 valence electrons. The molecule has 0 aliphatic carbocycles. The number of para-hydroxylation sites is 1. The number of aryl methyl sites for hydroxylation is 1. The molecule has 2 aromatic carbocycles. The molecule has 3 saturated heterocycles. The fourth-order valence-electron chi connectivity index (χ4n) is 8.95. The number of nitrogens with one attached hydrogen (secondary N) is 2. The molecule has 0 saturated carbocycles. The van der Waals surface area contributed by atoms with Crippen LogP contribution in [0, 0.1) is 6.92 Å². The van der Waals surface area contributed by atoms with Gasteiger partial charge in [0.05, 0.1) is 5.52 Å². The molecule has 13 nitrogen and oxygen atoms in total. The highest BCUT2D eigenvalue weighted by Gasteiger charge is 2.34. The van der Waals surface area contributed by atoms with Gasteiger partial charge in [0, 0.05) is 80.8 Å². The Hall–Kier alpha value is -4.75. The van der Waals surface area contributed by atoms with E-state index in [0.29, 0.717) is 57.9 Å². The zero-order valence-corrected chi connectivity index (χ0v) is 34.0. The molecule has 4 aromatic rings. The van der Waals surface area contributed by atoms with Crippen molar-refractivity contribution < 1.29 is 19.1 Å². The highest BCUT2D eigenvalue weighted by molar-refractivity contribution is 5.88. The number of aromatic amines is 1. The zero-order valence-electron chi connectivity index (χ0n) is 34.0. The van der Waals surface area contributed by atoms with Crippen LogP contribution in [0.15, 0.2) is 53.5 Å². The first-order chi connectivity index (χ1) is 27.6. The smallest absolute Gasteiger partial charge is 0.318 e. The normalized spacial score (nSPS) is 18.3. The summed E-state index contributed by atoms with van der Waals surface area (Å²) in [6.07, 6.45) is 10.3. The summed E-state index contributed by atoms with van der Waals surface area (Å²) in [5.41, 5.74) is 4.18. The van der Waals surface area contributed by atoms with Crippen LogP contribution >= 0.6 is 0 Å². The SMILES string of the molecule is CCCCCCC(=O)OCn1cc2cc(C[C@@H](NC(=O)N3CCC(c4cc5ccccc5[nH]c4=O)CC3)C(=O)N3CCN(C4CCN(C)CC4)CC3)cc(C)c2n1. The average Bonchev–Trinajstić information content (AvgIpc) is 3.65. The van der Waals surface area contributed by atoms with Gasteiger partial charge in [-0.2, -0.15) is 5.10 Å². The number of aromatic nitrogens is 3. The molecular weight excluding hydrogens is 721 g/mol. The number of hydrogen-bond acceptors (Lipinski definition) is 8. The number of piperazine rings is 1. The van der Waals surface area contributed by atoms with E-state index in [1.54, 1.807) is 9.58 Å². The number of piperidine rings is 2. The molecular formula is C44H60N8O5. The van der Waals surface area contributed by atoms with Gasteiger partial charge < -0.3 is 29.7 Å². The lowest BCUT2D eigenvalue weighted by atomic mass is 9.89. The highest BCUT2D eigenvalue weighted by atomic mass is 16.5. The van der Waals surface area contributed by atoms with Gasteiger partial charge in [-0.25, -0.2) is 9.48 Å². The number of carbonyl (C=O) groups is 3. The van der Waals surface area contributed by atoms with Crippen LogP contribution in [0.5, 0.6) is 0 Å². The Morgan fingerprint density at radius 3 is 2.40 bits per heavy atom. The molecule has 0 bridgehead atoms. The van der Waals surface area contributed by atoms with Gasteiger partial charge in [-0.1, -0.05) is 50.5 Å². The fourth-order valence-corrected chi connectivity index (χ4v) is 8.95. The van der Waals surface area contributed by atoms with Gasteiger partial charge in [-0.15, -0.1) is 0 Å². The van der Waals surface area contributed by atoms with Gasteiger partial charge in [-0.05, 0) is 99.8 Å². The molecule has 13 heteroatoms. The van der Waals surface area contributed by atoms with Crippen molar-refractivity contribution in [2.75, 3.05) is 59.4 Å². The van der Waals surface area contributed by atoms with Gasteiger partial charge in [0.25, 0.3) is 5.56 Å². The maximum Gasteiger partial charge on any atom is 0.318 e. The Kier molecular flexibility index (Phi) is 13.2. The van der Waals surface area contributed by atoms with E-state index >= 15 is 0 Å². The Labute approximate surface area is 335 Å². The first-order valence-corrected chi connectivity index (χ1v) is 21.2. The van der Waals surface area contributed by atoms with Crippen molar-refractivity contribution in [1.29, 1.82) is 0 Å². The summed E-state index contributed by atoms with van der Waals surface area (Å²) in [5, 5.41) is 9.74. The number of esters is 1. The second kappa shape index (κ2) is 18.7. The first kappa shape index (κ1) is 40.4. The number of amides is 3. The van der Waals surface area contributed by atoms with E-state index in [9.17, 15) is 19.2 Å². The molecule has 3 aliphatic rings. The van der Waals surface area contributed by atoms with Crippen LogP contribution < -0.4 is 10.9 Å². The standard InChI is InChI=1S/C44H60N8O5/c1-4-5-6-7-12-40(53)57-30-52-29-35-26-32(25-31(2)41(35)47-52)27-39(43(55)50-23-21-49(22-24-50)36-15-17-48(3)18-16-36)46-44(56)51-19-13-33(14-20-51)37-28-34-10-8-9-11-38(34)45-42(37)54/h8-11,25-26,28-29,33,36,39H,4-7,12-24,27,30H2,1-3H3,(H,45,54)(H,46,56)/t39-/m1/s1. The van der Waals surface area contributed by atoms with Gasteiger partial charge in [0.2, 0.25) is 5.91 Å². The predicted octanol–water partition coefficient (Wildman–Crippen LogP) is 5.40. The number of pyridine rings is 1. The van der Waals surface area contributed by atoms with Crippen molar-refractivity contribution in [3.63, 3.8) is 0 Å². The minimum Gasteiger partial charge on any atom is -0.442 e. The van der Waals surface area contributed by atoms with Gasteiger partial charge in [0.1, 0.15) is 6.04 Å². The van der Waals surface area contributed by atoms with Crippen molar-refractivity contribution in [2.24, 2.45) is 0 Å². The van der Waals surface area contributed by atoms with Crippen molar-refractivity contribution in [3.05, 3.63) is 75.7 Å². The predicted molar refractivity (Wildman–Crippen MR) is 222 cm³/mol. The lowest BCUT2D eigenvalue weighted by Crippen LogP contribution is -2.59. The van der Waals surface area contributed by atoms with E-state index in [4.69, 9.17) is 4.74 Å². The van der Waals surface area contributed by atoms with Crippen LogP contribution in [0.4, 0.5) is 4.79 Å². The Balaban J connectivity index is 1.02. The third-order valence-corrected chi connectivity index (χ3v) is 12.4. The maximum absolute atomic E-state index is 14.4. The second-order valence-electron chi connectivity index (χ2n) is 16.5. The molecule has 3 aliphatic heterocycles. The molecule has 5 heterocycles. The number of unbranched alkanes of at least 4 members (excludes halogenated alkanes) is 3. The number of ether oxygens (including phenoxy) is 1. The van der Waals surface area contributed by atoms with Crippen molar-refractivity contribution >= 4 is 39.7 Å². The van der Waals surface area contributed by atoms with E-state index in [2.05, 4.69) is 39.2 Å². The summed E-state index contributed by atoms with van der Waals surface area (Å²) in [6.45, 7) is 10.3. The monoisotopic (exact) mass is 780 g/mol. The quantitative estimate of drug-likeness (QED) is 0.136. The minimum absolute atomic E-state index is 0.0444. The minimum atomic E-state index is -0.756. The number of H-pyrrole nitrogens is 1. The average molecular weight is 781 g/mol. The molecule has 57 heavy (non-hydrogen) atoms. The van der Waals surface area contributed by atoms with E-state index in [-0.39, 0.29) is 36.1 Å². The highest BCUT2D eigenvalue weighted by Crippen LogP contribution is 2.28. The molecule has 1 atom stereocenters. The van der Waals surface area contributed by atoms with Crippen molar-refractivity contribution in [2.45, 2.75) is 103 Å². The summed E-state index contributed by atoms with van der Waals surface area (Å²) in [7, 11) is 2.18. The number of urea groups is 1. The number of fused-ring (bicyclic) bond motifs is 2. The molecule has 0 radical (unpaired) electrons. The molecule has 0 spiro atoms. The largest absolute Gasteiger partial charge is 0.442 e. The summed E-state index contributed by atoms with van der Waals surface area (Å²) in [5.74, 6) is -0.243.